The number of carbonyl (C=O) groups is 1. The van der Waals surface area contributed by atoms with Crippen LogP contribution >= 0.6 is 8.46 Å². The van der Waals surface area contributed by atoms with Crippen molar-refractivity contribution in [1.82, 2.24) is 0 Å². The van der Waals surface area contributed by atoms with E-state index in [0.29, 0.717) is 5.56 Å². The summed E-state index contributed by atoms with van der Waals surface area (Å²) in [7, 11) is -0.491. The molecule has 3 aromatic carbocycles. The molecule has 3 rings (SSSR count). The van der Waals surface area contributed by atoms with Crippen molar-refractivity contribution in [2.75, 3.05) is 0 Å². The van der Waals surface area contributed by atoms with Crippen LogP contribution in [0.5, 0.6) is 0 Å². The van der Waals surface area contributed by atoms with E-state index in [1.165, 1.54) is 0 Å². The second-order valence-electron chi connectivity index (χ2n) is 4.86. The molecule has 0 unspecified atom stereocenters. The minimum absolute atomic E-state index is 0.406. The maximum atomic E-state index is 12.1. The molecule has 106 valence electrons. The van der Waals surface area contributed by atoms with Gasteiger partial charge < -0.3 is 0 Å². The first-order valence-corrected chi connectivity index (χ1v) is 7.74. The highest BCUT2D eigenvalue weighted by atomic mass is 31.1. The van der Waals surface area contributed by atoms with Crippen LogP contribution in [0.4, 0.5) is 0 Å². The van der Waals surface area contributed by atoms with E-state index < -0.39 is 14.0 Å². The van der Waals surface area contributed by atoms with Gasteiger partial charge in [0, 0.05) is 11.1 Å². The van der Waals surface area contributed by atoms with E-state index in [1.54, 1.807) is 6.07 Å². The highest BCUT2D eigenvalue weighted by molar-refractivity contribution is 7.47. The zero-order valence-electron chi connectivity index (χ0n) is 11.8. The molecule has 0 N–H and O–H groups in total. The summed E-state index contributed by atoms with van der Waals surface area (Å²) in [4.78, 5) is 12.1. The molecule has 0 atom stereocenters. The maximum absolute atomic E-state index is 12.1. The van der Waals surface area contributed by atoms with E-state index in [2.05, 4.69) is 0 Å². The molecule has 3 aromatic rings. The van der Waals surface area contributed by atoms with Crippen molar-refractivity contribution in [3.05, 3.63) is 84.4 Å². The number of hydrogen-bond acceptors (Lipinski definition) is 2. The van der Waals surface area contributed by atoms with Crippen LogP contribution in [0.25, 0.3) is 22.3 Å². The first-order valence-electron chi connectivity index (χ1n) is 6.93. The monoisotopic (exact) mass is 304 g/mol. The van der Waals surface area contributed by atoms with Gasteiger partial charge in [0.25, 0.3) is 5.52 Å². The Kier molecular flexibility index (Phi) is 4.22. The summed E-state index contributed by atoms with van der Waals surface area (Å²) in [5, 5.41) is 0. The summed E-state index contributed by atoms with van der Waals surface area (Å²) >= 11 is 0. The summed E-state index contributed by atoms with van der Waals surface area (Å²) in [6, 6.07) is 25.1. The van der Waals surface area contributed by atoms with E-state index in [9.17, 15) is 9.36 Å². The standard InChI is InChI=1S/C19H13O2P/c20-19(22-21)17-13-7-12-16(14-8-3-1-4-9-14)18(17)15-10-5-2-6-11-15/h1-13H. The van der Waals surface area contributed by atoms with E-state index in [0.717, 1.165) is 22.3 Å². The number of rotatable bonds is 4. The smallest absolute Gasteiger partial charge is 0.253 e. The van der Waals surface area contributed by atoms with Gasteiger partial charge >= 0.3 is 0 Å². The van der Waals surface area contributed by atoms with Crippen molar-refractivity contribution in [3.8, 4) is 22.3 Å². The third-order valence-electron chi connectivity index (χ3n) is 3.53. The third-order valence-corrected chi connectivity index (χ3v) is 3.93. The molecule has 0 spiro atoms. The molecule has 2 nitrogen and oxygen atoms in total. The molecule has 22 heavy (non-hydrogen) atoms. The Labute approximate surface area is 130 Å². The lowest BCUT2D eigenvalue weighted by molar-refractivity contribution is 0.108. The normalized spacial score (nSPS) is 10.5. The topological polar surface area (TPSA) is 34.1 Å². The summed E-state index contributed by atoms with van der Waals surface area (Å²) in [6.07, 6.45) is 0. The minimum atomic E-state index is -0.491. The molecule has 0 aromatic heterocycles. The minimum Gasteiger partial charge on any atom is -0.280 e. The molecule has 0 aliphatic heterocycles. The van der Waals surface area contributed by atoms with Crippen LogP contribution in [0.1, 0.15) is 10.4 Å². The molecule has 0 amide bonds. The molecule has 0 fully saturated rings. The average molecular weight is 304 g/mol. The largest absolute Gasteiger partial charge is 0.280 e. The Bertz CT molecular complexity index is 811. The molecule has 0 radical (unpaired) electrons. The van der Waals surface area contributed by atoms with Crippen LogP contribution in [-0.4, -0.2) is 5.52 Å². The highest BCUT2D eigenvalue weighted by Gasteiger charge is 2.17. The lowest BCUT2D eigenvalue weighted by Crippen LogP contribution is -1.96. The second-order valence-corrected chi connectivity index (χ2v) is 5.45. The molecule has 0 bridgehead atoms. The van der Waals surface area contributed by atoms with Gasteiger partial charge in [-0.15, -0.1) is 0 Å². The van der Waals surface area contributed by atoms with E-state index in [-0.39, 0.29) is 0 Å². The first-order chi connectivity index (χ1) is 10.8. The fourth-order valence-electron chi connectivity index (χ4n) is 2.55. The van der Waals surface area contributed by atoms with Crippen molar-refractivity contribution < 1.29 is 9.36 Å². The van der Waals surface area contributed by atoms with Crippen LogP contribution in [0.2, 0.25) is 0 Å². The van der Waals surface area contributed by atoms with Gasteiger partial charge in [0.2, 0.25) is 8.46 Å². The van der Waals surface area contributed by atoms with E-state index in [1.807, 2.05) is 72.8 Å². The molecule has 0 aliphatic carbocycles. The van der Waals surface area contributed by atoms with Crippen molar-refractivity contribution in [1.29, 1.82) is 0 Å². The van der Waals surface area contributed by atoms with Crippen LogP contribution in [0, 0.1) is 0 Å². The number of benzene rings is 3. The van der Waals surface area contributed by atoms with Gasteiger partial charge in [-0.3, -0.25) is 9.36 Å². The molecular weight excluding hydrogens is 291 g/mol. The van der Waals surface area contributed by atoms with Gasteiger partial charge in [-0.2, -0.15) is 0 Å². The third kappa shape index (κ3) is 2.74. The Morgan fingerprint density at radius 1 is 0.682 bits per heavy atom. The van der Waals surface area contributed by atoms with Gasteiger partial charge in [-0.1, -0.05) is 72.8 Å². The Balaban J connectivity index is 2.31. The van der Waals surface area contributed by atoms with Crippen molar-refractivity contribution in [2.24, 2.45) is 0 Å². The summed E-state index contributed by atoms with van der Waals surface area (Å²) < 4.78 is 11.1. The van der Waals surface area contributed by atoms with Gasteiger partial charge in [-0.25, -0.2) is 0 Å². The van der Waals surface area contributed by atoms with Gasteiger partial charge in [0.15, 0.2) is 0 Å². The van der Waals surface area contributed by atoms with Crippen molar-refractivity contribution in [3.63, 3.8) is 0 Å². The summed E-state index contributed by atoms with van der Waals surface area (Å²) in [6.45, 7) is 0. The van der Waals surface area contributed by atoms with Gasteiger partial charge in [0.1, 0.15) is 0 Å². The molecule has 0 heterocycles. The predicted octanol–water partition coefficient (Wildman–Crippen LogP) is 5.45. The molecule has 0 aliphatic rings. The Morgan fingerprint density at radius 2 is 1.27 bits per heavy atom. The van der Waals surface area contributed by atoms with E-state index >= 15 is 0 Å². The lowest BCUT2D eigenvalue weighted by Gasteiger charge is -2.13. The zero-order chi connectivity index (χ0) is 15.4. The molecule has 3 heteroatoms. The van der Waals surface area contributed by atoms with E-state index in [4.69, 9.17) is 0 Å². The van der Waals surface area contributed by atoms with Crippen LogP contribution in [0.15, 0.2) is 78.9 Å². The quantitative estimate of drug-likeness (QED) is 0.600. The summed E-state index contributed by atoms with van der Waals surface area (Å²) in [5.41, 5.74) is 3.82. The summed E-state index contributed by atoms with van der Waals surface area (Å²) in [5.74, 6) is 0. The fraction of sp³-hybridized carbons (Fsp3) is 0. The highest BCUT2D eigenvalue weighted by Crippen LogP contribution is 2.36. The Morgan fingerprint density at radius 3 is 1.86 bits per heavy atom. The van der Waals surface area contributed by atoms with Crippen molar-refractivity contribution in [2.45, 2.75) is 0 Å². The average Bonchev–Trinajstić information content (AvgIpc) is 2.62. The van der Waals surface area contributed by atoms with Crippen LogP contribution < -0.4 is 0 Å². The fourth-order valence-corrected chi connectivity index (χ4v) is 2.84. The van der Waals surface area contributed by atoms with Crippen LogP contribution in [-0.2, 0) is 4.57 Å². The first kappa shape index (κ1) is 14.4. The SMILES string of the molecule is O=PC(=O)c1cccc(-c2ccccc2)c1-c1ccccc1. The second kappa shape index (κ2) is 6.46. The molecule has 0 saturated carbocycles. The predicted molar refractivity (Wildman–Crippen MR) is 89.3 cm³/mol. The molecular formula is C19H13O2P. The number of hydrogen-bond donors (Lipinski definition) is 0. The van der Waals surface area contributed by atoms with Gasteiger partial charge in [0.05, 0.1) is 0 Å². The number of carbonyl (C=O) groups excluding carboxylic acids is 1. The van der Waals surface area contributed by atoms with Crippen LogP contribution in [0.3, 0.4) is 0 Å². The Hall–Kier alpha value is -2.57. The lowest BCUT2D eigenvalue weighted by atomic mass is 9.91. The van der Waals surface area contributed by atoms with Crippen molar-refractivity contribution >= 4 is 14.0 Å². The zero-order valence-corrected chi connectivity index (χ0v) is 12.7. The maximum Gasteiger partial charge on any atom is 0.253 e. The van der Waals surface area contributed by atoms with Gasteiger partial charge in [-0.05, 0) is 22.8 Å². The molecule has 0 saturated heterocycles.